The lowest BCUT2D eigenvalue weighted by molar-refractivity contribution is 0.209. The van der Waals surface area contributed by atoms with Gasteiger partial charge in [0.05, 0.1) is 9.90 Å². The van der Waals surface area contributed by atoms with E-state index in [0.29, 0.717) is 9.90 Å². The topological polar surface area (TPSA) is 26.0 Å². The summed E-state index contributed by atoms with van der Waals surface area (Å²) >= 11 is 7.01. The van der Waals surface area contributed by atoms with Crippen molar-refractivity contribution < 1.29 is 4.39 Å². The Morgan fingerprint density at radius 1 is 1.82 bits per heavy atom. The fourth-order valence-electron chi connectivity index (χ4n) is 0.758. The van der Waals surface area contributed by atoms with Gasteiger partial charge in [-0.2, -0.15) is 0 Å². The Morgan fingerprint density at radius 3 is 2.82 bits per heavy atom. The molecule has 0 amide bonds. The Kier molecular flexibility index (Phi) is 2.52. The average Bonchev–Trinajstić information content (AvgIpc) is 2.36. The van der Waals surface area contributed by atoms with Crippen LogP contribution >= 0.6 is 22.9 Å². The molecule has 1 heterocycles. The highest BCUT2D eigenvalue weighted by Gasteiger charge is 2.27. The van der Waals surface area contributed by atoms with Gasteiger partial charge in [0.2, 0.25) is 0 Å². The average molecular weight is 194 g/mol. The molecule has 1 aromatic heterocycles. The van der Waals surface area contributed by atoms with Gasteiger partial charge in [0.25, 0.3) is 0 Å². The first-order chi connectivity index (χ1) is 5.08. The molecule has 1 nitrogen and oxygen atoms in total. The van der Waals surface area contributed by atoms with Gasteiger partial charge in [0, 0.05) is 6.54 Å². The van der Waals surface area contributed by atoms with Crippen LogP contribution < -0.4 is 5.73 Å². The molecule has 4 heteroatoms. The molecule has 0 radical (unpaired) electrons. The molecule has 0 aliphatic rings. The number of halogens is 2. The molecule has 1 aromatic rings. The van der Waals surface area contributed by atoms with Crippen LogP contribution in [0.2, 0.25) is 5.02 Å². The largest absolute Gasteiger partial charge is 0.327 e. The predicted octanol–water partition coefficient (Wildman–Crippen LogP) is 2.54. The summed E-state index contributed by atoms with van der Waals surface area (Å²) in [5, 5.41) is 2.22. The van der Waals surface area contributed by atoms with Gasteiger partial charge in [-0.25, -0.2) is 4.39 Å². The molecule has 62 valence electrons. The number of hydrogen-bond acceptors (Lipinski definition) is 2. The summed E-state index contributed by atoms with van der Waals surface area (Å²) in [6, 6.07) is 1.68. The van der Waals surface area contributed by atoms with Crippen LogP contribution in [0.1, 0.15) is 11.8 Å². The maximum absolute atomic E-state index is 13.4. The lowest BCUT2D eigenvalue weighted by Crippen LogP contribution is -2.25. The van der Waals surface area contributed by atoms with Crippen molar-refractivity contribution in [3.63, 3.8) is 0 Å². The van der Waals surface area contributed by atoms with Gasteiger partial charge in [-0.1, -0.05) is 11.6 Å². The number of hydrogen-bond donors (Lipinski definition) is 1. The Hall–Kier alpha value is -0.120. The zero-order valence-electron chi connectivity index (χ0n) is 6.10. The monoisotopic (exact) mass is 193 g/mol. The van der Waals surface area contributed by atoms with Crippen LogP contribution in [0.4, 0.5) is 4.39 Å². The third kappa shape index (κ3) is 1.72. The van der Waals surface area contributed by atoms with Crippen molar-refractivity contribution in [3.8, 4) is 0 Å². The van der Waals surface area contributed by atoms with Crippen molar-refractivity contribution >= 4 is 22.9 Å². The number of nitrogens with two attached hydrogens (primary N) is 1. The second kappa shape index (κ2) is 3.09. The molecule has 0 bridgehead atoms. The predicted molar refractivity (Wildman–Crippen MR) is 46.8 cm³/mol. The number of thiophene rings is 1. The van der Waals surface area contributed by atoms with Crippen LogP contribution in [0.3, 0.4) is 0 Å². The van der Waals surface area contributed by atoms with E-state index in [1.807, 2.05) is 0 Å². The minimum atomic E-state index is -1.48. The van der Waals surface area contributed by atoms with Gasteiger partial charge < -0.3 is 5.73 Å². The Bertz CT molecular complexity index is 246. The smallest absolute Gasteiger partial charge is 0.155 e. The minimum absolute atomic E-state index is 0.0345. The van der Waals surface area contributed by atoms with Crippen LogP contribution in [0, 0.1) is 0 Å². The zero-order valence-corrected chi connectivity index (χ0v) is 7.68. The molecule has 0 aliphatic carbocycles. The summed E-state index contributed by atoms with van der Waals surface area (Å²) in [4.78, 5) is 0.515. The van der Waals surface area contributed by atoms with Crippen molar-refractivity contribution in [2.75, 3.05) is 6.54 Å². The Labute approximate surface area is 74.0 Å². The third-order valence-electron chi connectivity index (χ3n) is 1.47. The lowest BCUT2D eigenvalue weighted by Gasteiger charge is -2.16. The quantitative estimate of drug-likeness (QED) is 0.768. The van der Waals surface area contributed by atoms with E-state index in [1.165, 1.54) is 18.3 Å². The van der Waals surface area contributed by atoms with E-state index < -0.39 is 5.67 Å². The summed E-state index contributed by atoms with van der Waals surface area (Å²) in [5.74, 6) is 0. The SMILES string of the molecule is CC(F)(CN)c1sccc1Cl. The molecule has 1 unspecified atom stereocenters. The zero-order chi connectivity index (χ0) is 8.48. The Morgan fingerprint density at radius 2 is 2.45 bits per heavy atom. The molecule has 11 heavy (non-hydrogen) atoms. The van der Waals surface area contributed by atoms with Crippen LogP contribution in [0.15, 0.2) is 11.4 Å². The first-order valence-electron chi connectivity index (χ1n) is 3.20. The van der Waals surface area contributed by atoms with Gasteiger partial charge in [0.15, 0.2) is 5.67 Å². The molecule has 2 N–H and O–H groups in total. The molecule has 0 aliphatic heterocycles. The fourth-order valence-corrected chi connectivity index (χ4v) is 2.08. The van der Waals surface area contributed by atoms with Crippen molar-refractivity contribution in [1.29, 1.82) is 0 Å². The van der Waals surface area contributed by atoms with Crippen LogP contribution in [0.5, 0.6) is 0 Å². The van der Waals surface area contributed by atoms with Gasteiger partial charge in [-0.05, 0) is 18.4 Å². The first-order valence-corrected chi connectivity index (χ1v) is 4.46. The van der Waals surface area contributed by atoms with Crippen LogP contribution in [0.25, 0.3) is 0 Å². The normalized spacial score (nSPS) is 16.4. The van der Waals surface area contributed by atoms with E-state index in [9.17, 15) is 4.39 Å². The summed E-state index contributed by atoms with van der Waals surface area (Å²) in [6.45, 7) is 1.40. The van der Waals surface area contributed by atoms with E-state index in [0.717, 1.165) is 0 Å². The highest BCUT2D eigenvalue weighted by atomic mass is 35.5. The Balaban J connectivity index is 3.00. The molecule has 0 spiro atoms. The minimum Gasteiger partial charge on any atom is -0.327 e. The molecule has 0 aromatic carbocycles. The molecule has 0 saturated carbocycles. The van der Waals surface area contributed by atoms with Gasteiger partial charge >= 0.3 is 0 Å². The van der Waals surface area contributed by atoms with Gasteiger partial charge in [0.1, 0.15) is 0 Å². The summed E-state index contributed by atoms with van der Waals surface area (Å²) in [6.07, 6.45) is 0. The van der Waals surface area contributed by atoms with Crippen molar-refractivity contribution in [2.24, 2.45) is 5.73 Å². The van der Waals surface area contributed by atoms with Crippen molar-refractivity contribution in [1.82, 2.24) is 0 Å². The second-order valence-corrected chi connectivity index (χ2v) is 3.82. The van der Waals surface area contributed by atoms with E-state index in [-0.39, 0.29) is 6.54 Å². The van der Waals surface area contributed by atoms with Crippen molar-refractivity contribution in [2.45, 2.75) is 12.6 Å². The molecular weight excluding hydrogens is 185 g/mol. The molecular formula is C7H9ClFNS. The maximum Gasteiger partial charge on any atom is 0.155 e. The van der Waals surface area contributed by atoms with Crippen molar-refractivity contribution in [3.05, 3.63) is 21.3 Å². The third-order valence-corrected chi connectivity index (χ3v) is 3.05. The standard InChI is InChI=1S/C7H9ClFNS/c1-7(9,4-10)6-5(8)2-3-11-6/h2-3H,4,10H2,1H3. The van der Waals surface area contributed by atoms with Gasteiger partial charge in [-0.15, -0.1) is 11.3 Å². The molecule has 1 atom stereocenters. The number of rotatable bonds is 2. The van der Waals surface area contributed by atoms with Gasteiger partial charge in [-0.3, -0.25) is 0 Å². The second-order valence-electron chi connectivity index (χ2n) is 2.50. The molecule has 0 fully saturated rings. The van der Waals surface area contributed by atoms with Crippen LogP contribution in [-0.2, 0) is 5.67 Å². The summed E-state index contributed by atoms with van der Waals surface area (Å²) in [7, 11) is 0. The highest BCUT2D eigenvalue weighted by Crippen LogP contribution is 2.34. The first kappa shape index (κ1) is 8.97. The summed E-state index contributed by atoms with van der Waals surface area (Å²) < 4.78 is 13.4. The summed E-state index contributed by atoms with van der Waals surface area (Å²) in [5.41, 5.74) is 3.76. The van der Waals surface area contributed by atoms with E-state index in [1.54, 1.807) is 11.4 Å². The maximum atomic E-state index is 13.4. The molecule has 0 saturated heterocycles. The van der Waals surface area contributed by atoms with E-state index in [2.05, 4.69) is 0 Å². The molecule has 1 rings (SSSR count). The van der Waals surface area contributed by atoms with E-state index in [4.69, 9.17) is 17.3 Å². The van der Waals surface area contributed by atoms with E-state index >= 15 is 0 Å². The lowest BCUT2D eigenvalue weighted by atomic mass is 10.1. The van der Waals surface area contributed by atoms with Crippen LogP contribution in [-0.4, -0.2) is 6.54 Å². The highest BCUT2D eigenvalue weighted by molar-refractivity contribution is 7.10. The fraction of sp³-hybridized carbons (Fsp3) is 0.429. The number of alkyl halides is 1.